The van der Waals surface area contributed by atoms with Crippen LogP contribution in [0.5, 0.6) is 17.4 Å². The Kier molecular flexibility index (Phi) is 7.02. The molecule has 1 aromatic heterocycles. The molecule has 35 heavy (non-hydrogen) atoms. The molecular weight excluding hydrogens is 485 g/mol. The normalized spacial score (nSPS) is 12.8. The number of pyridine rings is 1. The first-order valence-corrected chi connectivity index (χ1v) is 11.8. The number of anilines is 1. The molecular formula is C23H19F3N4O4S. The molecule has 0 aliphatic carbocycles. The summed E-state index contributed by atoms with van der Waals surface area (Å²) in [4.78, 5) is 16.8. The second kappa shape index (κ2) is 9.63. The van der Waals surface area contributed by atoms with Crippen molar-refractivity contribution in [1.82, 2.24) is 4.98 Å². The van der Waals surface area contributed by atoms with Crippen LogP contribution < -0.4 is 14.8 Å². The van der Waals surface area contributed by atoms with Crippen LogP contribution in [0, 0.1) is 23.0 Å². The highest BCUT2D eigenvalue weighted by Gasteiger charge is 2.35. The van der Waals surface area contributed by atoms with Gasteiger partial charge in [0.1, 0.15) is 11.3 Å². The van der Waals surface area contributed by atoms with Gasteiger partial charge in [0.2, 0.25) is 5.88 Å². The van der Waals surface area contributed by atoms with Gasteiger partial charge in [0.05, 0.1) is 28.5 Å². The summed E-state index contributed by atoms with van der Waals surface area (Å²) in [6.45, 7) is 1.30. The van der Waals surface area contributed by atoms with E-state index in [9.17, 15) is 22.2 Å². The maximum absolute atomic E-state index is 13.4. The van der Waals surface area contributed by atoms with E-state index in [1.807, 2.05) is 6.07 Å². The number of hydrogen-bond acceptors (Lipinski definition) is 7. The smallest absolute Gasteiger partial charge is 0.433 e. The van der Waals surface area contributed by atoms with Crippen molar-refractivity contribution < 1.29 is 31.6 Å². The van der Waals surface area contributed by atoms with E-state index in [1.54, 1.807) is 0 Å². The number of aromatic nitrogens is 1. The molecule has 1 amide bonds. The molecule has 0 aliphatic heterocycles. The lowest BCUT2D eigenvalue weighted by molar-refractivity contribution is -0.141. The number of ether oxygens (including phenoxy) is 2. The molecule has 8 nitrogen and oxygen atoms in total. The predicted molar refractivity (Wildman–Crippen MR) is 121 cm³/mol. The quantitative estimate of drug-likeness (QED) is 0.465. The molecule has 0 fully saturated rings. The van der Waals surface area contributed by atoms with Gasteiger partial charge in [-0.2, -0.15) is 18.4 Å². The van der Waals surface area contributed by atoms with Crippen LogP contribution >= 0.6 is 0 Å². The van der Waals surface area contributed by atoms with Gasteiger partial charge in [0.25, 0.3) is 5.91 Å². The van der Waals surface area contributed by atoms with E-state index in [0.717, 1.165) is 6.07 Å². The van der Waals surface area contributed by atoms with Crippen molar-refractivity contribution in [3.63, 3.8) is 0 Å². The Hall–Kier alpha value is -4.11. The molecule has 0 saturated heterocycles. The van der Waals surface area contributed by atoms with Crippen LogP contribution in [0.3, 0.4) is 0 Å². The number of aryl methyl sites for hydroxylation is 1. The molecule has 1 heterocycles. The molecule has 0 aliphatic rings. The van der Waals surface area contributed by atoms with E-state index in [4.69, 9.17) is 19.5 Å². The van der Waals surface area contributed by atoms with E-state index in [2.05, 4.69) is 10.3 Å². The highest BCUT2D eigenvalue weighted by molar-refractivity contribution is 7.91. The number of carbonyl (C=O) groups is 1. The van der Waals surface area contributed by atoms with Crippen molar-refractivity contribution in [3.8, 4) is 23.4 Å². The van der Waals surface area contributed by atoms with Crippen molar-refractivity contribution in [3.05, 3.63) is 70.9 Å². The maximum atomic E-state index is 13.4. The Balaban J connectivity index is 2.09. The summed E-state index contributed by atoms with van der Waals surface area (Å²) in [7, 11) is -1.78. The Morgan fingerprint density at radius 2 is 1.89 bits per heavy atom. The number of alkyl halides is 3. The molecule has 0 saturated carbocycles. The molecule has 0 radical (unpaired) electrons. The largest absolute Gasteiger partial charge is 0.493 e. The van der Waals surface area contributed by atoms with Gasteiger partial charge in [-0.3, -0.25) is 4.79 Å². The third-order valence-corrected chi connectivity index (χ3v) is 5.90. The number of nitrogens with zero attached hydrogens (tertiary/aromatic N) is 2. The Morgan fingerprint density at radius 1 is 1.17 bits per heavy atom. The van der Waals surface area contributed by atoms with E-state index in [1.165, 1.54) is 62.8 Å². The van der Waals surface area contributed by atoms with Crippen molar-refractivity contribution in [2.24, 2.45) is 0 Å². The van der Waals surface area contributed by atoms with Crippen LogP contribution in [-0.2, 0) is 15.9 Å². The lowest BCUT2D eigenvalue weighted by atomic mass is 10.1. The number of carbonyl (C=O) groups excluding carboxylic acids is 1. The zero-order chi connectivity index (χ0) is 26.0. The molecule has 2 N–H and O–H groups in total. The van der Waals surface area contributed by atoms with Crippen LogP contribution in [0.25, 0.3) is 0 Å². The Morgan fingerprint density at radius 3 is 2.49 bits per heavy atom. The summed E-state index contributed by atoms with van der Waals surface area (Å²) < 4.78 is 70.8. The van der Waals surface area contributed by atoms with E-state index < -0.39 is 33.4 Å². The lowest BCUT2D eigenvalue weighted by Crippen LogP contribution is -2.18. The van der Waals surface area contributed by atoms with Gasteiger partial charge in [0.15, 0.2) is 11.5 Å². The monoisotopic (exact) mass is 504 g/mol. The van der Waals surface area contributed by atoms with Crippen molar-refractivity contribution >= 4 is 21.3 Å². The molecule has 0 bridgehead atoms. The van der Waals surface area contributed by atoms with Crippen LogP contribution in [-0.4, -0.2) is 28.5 Å². The fourth-order valence-corrected chi connectivity index (χ4v) is 3.76. The summed E-state index contributed by atoms with van der Waals surface area (Å²) in [6, 6.07) is 12.4. The maximum Gasteiger partial charge on any atom is 0.433 e. The van der Waals surface area contributed by atoms with Gasteiger partial charge in [-0.25, -0.2) is 14.0 Å². The number of nitrogens with one attached hydrogen (secondary N) is 2. The first-order chi connectivity index (χ1) is 16.3. The Bertz CT molecular complexity index is 1450. The van der Waals surface area contributed by atoms with Gasteiger partial charge >= 0.3 is 6.18 Å². The molecule has 0 spiro atoms. The third kappa shape index (κ3) is 5.88. The molecule has 3 aromatic rings. The highest BCUT2D eigenvalue weighted by atomic mass is 32.2. The van der Waals surface area contributed by atoms with E-state index in [0.29, 0.717) is 0 Å². The number of methoxy groups -OCH3 is 1. The minimum Gasteiger partial charge on any atom is -0.493 e. The standard InChI is InChI=1S/C23H19F3N4O4S/c1-13-9-19(23(24,25)26)30-22(34-17-8-7-14(12-27)10-18(17)33-2)20(13)21(31)29-15-5-4-6-16(11-15)35(3,28)32/h4-11,28H,1-3H3,(H,29,31)/t35-/m1/s1. The molecule has 12 heteroatoms. The molecule has 3 rings (SSSR count). The Labute approximate surface area is 199 Å². The summed E-state index contributed by atoms with van der Waals surface area (Å²) in [5, 5.41) is 11.6. The summed E-state index contributed by atoms with van der Waals surface area (Å²) in [5.41, 5.74) is -1.21. The number of benzene rings is 2. The van der Waals surface area contributed by atoms with Crippen molar-refractivity contribution in [2.45, 2.75) is 18.0 Å². The van der Waals surface area contributed by atoms with Crippen LogP contribution in [0.1, 0.15) is 27.2 Å². The molecule has 182 valence electrons. The number of amides is 1. The SMILES string of the molecule is COc1cc(C#N)ccc1Oc1nc(C(F)(F)F)cc(C)c1C(=O)Nc1cccc([S@](C)(=N)=O)c1. The average molecular weight is 504 g/mol. The van der Waals surface area contributed by atoms with Crippen molar-refractivity contribution in [1.29, 1.82) is 10.0 Å². The predicted octanol–water partition coefficient (Wildman–Crippen LogP) is 5.37. The zero-order valence-corrected chi connectivity index (χ0v) is 19.5. The second-order valence-electron chi connectivity index (χ2n) is 7.41. The van der Waals surface area contributed by atoms with E-state index >= 15 is 0 Å². The van der Waals surface area contributed by atoms with Crippen molar-refractivity contribution in [2.75, 3.05) is 18.7 Å². The minimum atomic E-state index is -4.81. The second-order valence-corrected chi connectivity index (χ2v) is 9.57. The van der Waals surface area contributed by atoms with Gasteiger partial charge in [0, 0.05) is 22.9 Å². The molecule has 2 aromatic carbocycles. The summed E-state index contributed by atoms with van der Waals surface area (Å²) in [6.07, 6.45) is -3.59. The van der Waals surface area contributed by atoms with Gasteiger partial charge in [-0.1, -0.05) is 6.07 Å². The number of rotatable bonds is 6. The zero-order valence-electron chi connectivity index (χ0n) is 18.7. The molecule has 1 atom stereocenters. The highest BCUT2D eigenvalue weighted by Crippen LogP contribution is 2.37. The minimum absolute atomic E-state index is 0.0492. The van der Waals surface area contributed by atoms with Crippen LogP contribution in [0.4, 0.5) is 18.9 Å². The number of halogens is 3. The fourth-order valence-electron chi connectivity index (χ4n) is 3.07. The summed E-state index contributed by atoms with van der Waals surface area (Å²) in [5.74, 6) is -1.48. The topological polar surface area (TPSA) is 125 Å². The molecule has 0 unspecified atom stereocenters. The summed E-state index contributed by atoms with van der Waals surface area (Å²) >= 11 is 0. The third-order valence-electron chi connectivity index (χ3n) is 4.74. The van der Waals surface area contributed by atoms with Crippen LogP contribution in [0.15, 0.2) is 53.4 Å². The lowest BCUT2D eigenvalue weighted by Gasteiger charge is -2.17. The number of nitriles is 1. The fraction of sp³-hybridized carbons (Fsp3) is 0.174. The first kappa shape index (κ1) is 25.5. The van der Waals surface area contributed by atoms with Crippen LogP contribution in [0.2, 0.25) is 0 Å². The first-order valence-electron chi connectivity index (χ1n) is 9.83. The van der Waals surface area contributed by atoms with E-state index in [-0.39, 0.29) is 38.8 Å². The average Bonchev–Trinajstić information content (AvgIpc) is 2.78. The van der Waals surface area contributed by atoms with Gasteiger partial charge < -0.3 is 14.8 Å². The number of hydrogen-bond donors (Lipinski definition) is 2. The van der Waals surface area contributed by atoms with Gasteiger partial charge in [-0.05, 0) is 48.9 Å². The van der Waals surface area contributed by atoms with Gasteiger partial charge in [-0.15, -0.1) is 0 Å².